The van der Waals surface area contributed by atoms with Crippen LogP contribution in [0.2, 0.25) is 0 Å². The van der Waals surface area contributed by atoms with E-state index in [9.17, 15) is 5.11 Å². The van der Waals surface area contributed by atoms with Gasteiger partial charge in [-0.1, -0.05) is 0 Å². The molecule has 1 aromatic heterocycles. The number of aliphatic imine (C=N–C) groups is 1. The molecule has 1 aromatic carbocycles. The van der Waals surface area contributed by atoms with Gasteiger partial charge >= 0.3 is 0 Å². The lowest BCUT2D eigenvalue weighted by Gasteiger charge is -2.16. The molecule has 0 fully saturated rings. The predicted molar refractivity (Wildman–Crippen MR) is 118 cm³/mol. The van der Waals surface area contributed by atoms with E-state index in [1.807, 2.05) is 31.5 Å². The number of nitrogens with one attached hydrogen (secondary N) is 2. The molecule has 0 aliphatic carbocycles. The van der Waals surface area contributed by atoms with Crippen molar-refractivity contribution in [3.05, 3.63) is 48.3 Å². The molecule has 27 heavy (non-hydrogen) atoms. The summed E-state index contributed by atoms with van der Waals surface area (Å²) < 4.78 is 12.6. The third kappa shape index (κ3) is 7.30. The smallest absolute Gasteiger partial charge is 0.191 e. The Balaban J connectivity index is 0.00000364. The SMILES string of the molecule is CCNC(=NCC(O)c1cc(OC)ccc1OC)NCCn1cccc1.I. The number of halogens is 1. The van der Waals surface area contributed by atoms with Crippen LogP contribution in [0.1, 0.15) is 18.6 Å². The maximum absolute atomic E-state index is 10.5. The molecule has 0 saturated heterocycles. The van der Waals surface area contributed by atoms with Crippen LogP contribution in [0.25, 0.3) is 0 Å². The first-order chi connectivity index (χ1) is 12.7. The first-order valence-electron chi connectivity index (χ1n) is 8.70. The number of methoxy groups -OCH3 is 2. The molecule has 2 aromatic rings. The van der Waals surface area contributed by atoms with E-state index in [4.69, 9.17) is 9.47 Å². The fraction of sp³-hybridized carbons (Fsp3) is 0.421. The normalized spacial score (nSPS) is 12.1. The average Bonchev–Trinajstić information content (AvgIpc) is 3.18. The molecule has 1 unspecified atom stereocenters. The highest BCUT2D eigenvalue weighted by atomic mass is 127. The summed E-state index contributed by atoms with van der Waals surface area (Å²) in [5.41, 5.74) is 0.652. The highest BCUT2D eigenvalue weighted by Crippen LogP contribution is 2.29. The van der Waals surface area contributed by atoms with Gasteiger partial charge in [0.1, 0.15) is 17.6 Å². The molecule has 0 bridgehead atoms. The van der Waals surface area contributed by atoms with E-state index in [1.165, 1.54) is 0 Å². The number of hydrogen-bond acceptors (Lipinski definition) is 4. The van der Waals surface area contributed by atoms with Crippen LogP contribution in [0.15, 0.2) is 47.7 Å². The van der Waals surface area contributed by atoms with E-state index < -0.39 is 6.10 Å². The molecule has 3 N–H and O–H groups in total. The molecular weight excluding hydrogens is 459 g/mol. The van der Waals surface area contributed by atoms with E-state index >= 15 is 0 Å². The Morgan fingerprint density at radius 2 is 1.93 bits per heavy atom. The number of nitrogens with zero attached hydrogens (tertiary/aromatic N) is 2. The summed E-state index contributed by atoms with van der Waals surface area (Å²) in [6, 6.07) is 9.34. The molecule has 0 amide bonds. The highest BCUT2D eigenvalue weighted by Gasteiger charge is 2.14. The van der Waals surface area contributed by atoms with Crippen LogP contribution in [0.5, 0.6) is 11.5 Å². The summed E-state index contributed by atoms with van der Waals surface area (Å²) in [6.07, 6.45) is 3.25. The quantitative estimate of drug-likeness (QED) is 0.287. The Bertz CT molecular complexity index is 692. The molecule has 150 valence electrons. The predicted octanol–water partition coefficient (Wildman–Crippen LogP) is 2.41. The zero-order valence-corrected chi connectivity index (χ0v) is 18.3. The van der Waals surface area contributed by atoms with Gasteiger partial charge in [0, 0.05) is 37.6 Å². The molecular formula is C19H29IN4O3. The van der Waals surface area contributed by atoms with Gasteiger partial charge in [-0.15, -0.1) is 24.0 Å². The van der Waals surface area contributed by atoms with Gasteiger partial charge in [-0.2, -0.15) is 0 Å². The summed E-state index contributed by atoms with van der Waals surface area (Å²) in [5.74, 6) is 1.94. The first-order valence-corrected chi connectivity index (χ1v) is 8.70. The van der Waals surface area contributed by atoms with Crippen molar-refractivity contribution >= 4 is 29.9 Å². The Hall–Kier alpha value is -1.94. The van der Waals surface area contributed by atoms with Crippen molar-refractivity contribution in [1.82, 2.24) is 15.2 Å². The molecule has 0 saturated carbocycles. The van der Waals surface area contributed by atoms with Crippen LogP contribution in [0, 0.1) is 0 Å². The minimum atomic E-state index is -0.792. The molecule has 0 spiro atoms. The maximum Gasteiger partial charge on any atom is 0.191 e. The number of aliphatic hydroxyl groups is 1. The van der Waals surface area contributed by atoms with Crippen molar-refractivity contribution in [2.75, 3.05) is 33.9 Å². The van der Waals surface area contributed by atoms with E-state index in [0.717, 1.165) is 19.6 Å². The van der Waals surface area contributed by atoms with Gasteiger partial charge in [0.2, 0.25) is 0 Å². The van der Waals surface area contributed by atoms with E-state index in [0.29, 0.717) is 23.0 Å². The molecule has 0 aliphatic rings. The lowest BCUT2D eigenvalue weighted by atomic mass is 10.1. The number of ether oxygens (including phenoxy) is 2. The van der Waals surface area contributed by atoms with E-state index in [1.54, 1.807) is 32.4 Å². The number of aromatic nitrogens is 1. The largest absolute Gasteiger partial charge is 0.497 e. The standard InChI is InChI=1S/C19H28N4O3.HI/c1-4-20-19(21-9-12-23-10-5-6-11-23)22-14-17(24)16-13-15(25-2)7-8-18(16)26-3;/h5-8,10-11,13,17,24H,4,9,12,14H2,1-3H3,(H2,20,21,22);1H. The van der Waals surface area contributed by atoms with Crippen molar-refractivity contribution in [2.24, 2.45) is 4.99 Å². The second-order valence-electron chi connectivity index (χ2n) is 5.69. The summed E-state index contributed by atoms with van der Waals surface area (Å²) >= 11 is 0. The van der Waals surface area contributed by atoms with Gasteiger partial charge in [0.05, 0.1) is 20.8 Å². The fourth-order valence-electron chi connectivity index (χ4n) is 2.54. The lowest BCUT2D eigenvalue weighted by molar-refractivity contribution is 0.182. The van der Waals surface area contributed by atoms with Crippen molar-refractivity contribution in [2.45, 2.75) is 19.6 Å². The van der Waals surface area contributed by atoms with E-state index in [2.05, 4.69) is 20.2 Å². The number of guanidine groups is 1. The van der Waals surface area contributed by atoms with Crippen LogP contribution in [0.3, 0.4) is 0 Å². The Labute approximate surface area is 177 Å². The fourth-order valence-corrected chi connectivity index (χ4v) is 2.54. The molecule has 8 heteroatoms. The number of benzene rings is 1. The second-order valence-corrected chi connectivity index (χ2v) is 5.69. The number of aliphatic hydroxyl groups excluding tert-OH is 1. The Morgan fingerprint density at radius 1 is 1.19 bits per heavy atom. The van der Waals surface area contributed by atoms with Gasteiger partial charge in [0.15, 0.2) is 5.96 Å². The molecule has 0 aliphatic heterocycles. The summed E-state index contributed by atoms with van der Waals surface area (Å²) in [4.78, 5) is 4.48. The lowest BCUT2D eigenvalue weighted by Crippen LogP contribution is -2.39. The third-order valence-electron chi connectivity index (χ3n) is 3.89. The maximum atomic E-state index is 10.5. The zero-order chi connectivity index (χ0) is 18.8. The summed E-state index contributed by atoms with van der Waals surface area (Å²) in [6.45, 7) is 4.53. The van der Waals surface area contributed by atoms with Crippen LogP contribution in [-0.4, -0.2) is 49.5 Å². The van der Waals surface area contributed by atoms with Crippen molar-refractivity contribution in [3.63, 3.8) is 0 Å². The van der Waals surface area contributed by atoms with Gasteiger partial charge < -0.3 is 29.8 Å². The van der Waals surface area contributed by atoms with Crippen molar-refractivity contribution in [3.8, 4) is 11.5 Å². The van der Waals surface area contributed by atoms with E-state index in [-0.39, 0.29) is 30.5 Å². The van der Waals surface area contributed by atoms with Crippen LogP contribution >= 0.6 is 24.0 Å². The monoisotopic (exact) mass is 488 g/mol. The zero-order valence-electron chi connectivity index (χ0n) is 16.0. The van der Waals surface area contributed by atoms with Gasteiger partial charge in [0.25, 0.3) is 0 Å². The van der Waals surface area contributed by atoms with Crippen molar-refractivity contribution in [1.29, 1.82) is 0 Å². The first kappa shape index (κ1) is 23.1. The summed E-state index contributed by atoms with van der Waals surface area (Å²) in [5, 5.41) is 17.0. The van der Waals surface area contributed by atoms with Crippen LogP contribution < -0.4 is 20.1 Å². The van der Waals surface area contributed by atoms with Gasteiger partial charge in [-0.3, -0.25) is 4.99 Å². The van der Waals surface area contributed by atoms with Crippen LogP contribution in [-0.2, 0) is 6.54 Å². The molecule has 2 rings (SSSR count). The van der Waals surface area contributed by atoms with Gasteiger partial charge in [-0.25, -0.2) is 0 Å². The minimum absolute atomic E-state index is 0. The molecule has 1 heterocycles. The third-order valence-corrected chi connectivity index (χ3v) is 3.89. The number of hydrogen-bond donors (Lipinski definition) is 3. The molecule has 0 radical (unpaired) electrons. The van der Waals surface area contributed by atoms with Crippen molar-refractivity contribution < 1.29 is 14.6 Å². The molecule has 1 atom stereocenters. The topological polar surface area (TPSA) is 80.0 Å². The van der Waals surface area contributed by atoms with Crippen LogP contribution in [0.4, 0.5) is 0 Å². The highest BCUT2D eigenvalue weighted by molar-refractivity contribution is 14.0. The Kier molecular flexibility index (Phi) is 10.6. The molecule has 7 nitrogen and oxygen atoms in total. The second kappa shape index (κ2) is 12.4. The number of rotatable bonds is 9. The average molecular weight is 488 g/mol. The summed E-state index contributed by atoms with van der Waals surface area (Å²) in [7, 11) is 3.17. The minimum Gasteiger partial charge on any atom is -0.497 e. The Morgan fingerprint density at radius 3 is 2.56 bits per heavy atom. The van der Waals surface area contributed by atoms with Gasteiger partial charge in [-0.05, 0) is 37.3 Å².